The van der Waals surface area contributed by atoms with E-state index in [9.17, 15) is 9.59 Å². The predicted molar refractivity (Wildman–Crippen MR) is 104 cm³/mol. The molecule has 1 saturated carbocycles. The summed E-state index contributed by atoms with van der Waals surface area (Å²) in [6.45, 7) is 4.45. The summed E-state index contributed by atoms with van der Waals surface area (Å²) in [4.78, 5) is 35.7. The molecule has 2 aliphatic rings. The average Bonchev–Trinajstić information content (AvgIpc) is 3.06. The standard InChI is InChI=1S/C19H23N5O2S/c1-18(6-7-18)14-10-12(4-8-21-14)13-11-22-16(27-13)23-17(26)24-9-3-5-19(24,2)15(20)25/h4,8,10-11H,3,5-7,9H2,1-2H3,(H2,20,25)(H,22,23,26)/t19-/m0/s1. The Labute approximate surface area is 162 Å². The number of rotatable bonds is 4. The van der Waals surface area contributed by atoms with Crippen molar-refractivity contribution in [2.45, 2.75) is 50.5 Å². The maximum absolute atomic E-state index is 12.6. The Morgan fingerprint density at radius 3 is 2.74 bits per heavy atom. The van der Waals surface area contributed by atoms with E-state index in [0.29, 0.717) is 18.1 Å². The van der Waals surface area contributed by atoms with Gasteiger partial charge in [-0.25, -0.2) is 9.78 Å². The molecule has 2 aromatic heterocycles. The summed E-state index contributed by atoms with van der Waals surface area (Å²) in [7, 11) is 0. The number of hydrogen-bond acceptors (Lipinski definition) is 5. The number of nitrogens with one attached hydrogen (secondary N) is 1. The van der Waals surface area contributed by atoms with Crippen molar-refractivity contribution in [2.75, 3.05) is 11.9 Å². The molecular weight excluding hydrogens is 362 g/mol. The highest BCUT2D eigenvalue weighted by atomic mass is 32.1. The molecule has 0 spiro atoms. The van der Waals surface area contributed by atoms with E-state index in [1.165, 1.54) is 29.1 Å². The number of anilines is 1. The smallest absolute Gasteiger partial charge is 0.324 e. The van der Waals surface area contributed by atoms with Gasteiger partial charge in [0.25, 0.3) is 0 Å². The van der Waals surface area contributed by atoms with Crippen molar-refractivity contribution in [3.8, 4) is 10.4 Å². The van der Waals surface area contributed by atoms with Gasteiger partial charge in [0.1, 0.15) is 5.54 Å². The van der Waals surface area contributed by atoms with Crippen molar-refractivity contribution in [1.82, 2.24) is 14.9 Å². The first-order chi connectivity index (χ1) is 12.8. The normalized spacial score (nSPS) is 23.3. The highest BCUT2D eigenvalue weighted by Gasteiger charge is 2.44. The first-order valence-electron chi connectivity index (χ1n) is 9.13. The Bertz CT molecular complexity index is 907. The molecule has 3 heterocycles. The average molecular weight is 385 g/mol. The van der Waals surface area contributed by atoms with Crippen LogP contribution in [0.5, 0.6) is 0 Å². The van der Waals surface area contributed by atoms with Crippen LogP contribution < -0.4 is 11.1 Å². The van der Waals surface area contributed by atoms with Crippen molar-refractivity contribution < 1.29 is 9.59 Å². The fraction of sp³-hybridized carbons (Fsp3) is 0.474. The van der Waals surface area contributed by atoms with Crippen LogP contribution in [0.4, 0.5) is 9.93 Å². The number of carbonyl (C=O) groups is 2. The van der Waals surface area contributed by atoms with Gasteiger partial charge in [-0.05, 0) is 50.3 Å². The Kier molecular flexibility index (Phi) is 4.18. The maximum Gasteiger partial charge on any atom is 0.324 e. The summed E-state index contributed by atoms with van der Waals surface area (Å²) in [5, 5.41) is 3.32. The molecule has 8 heteroatoms. The number of primary amides is 1. The third kappa shape index (κ3) is 3.18. The molecule has 3 amide bonds. The van der Waals surface area contributed by atoms with Gasteiger partial charge >= 0.3 is 6.03 Å². The molecule has 142 valence electrons. The van der Waals surface area contributed by atoms with Gasteiger partial charge in [0.15, 0.2) is 5.13 Å². The minimum absolute atomic E-state index is 0.201. The SMILES string of the molecule is CC1(c2cc(-c3cnc(NC(=O)N4CCC[C@@]4(C)C(N)=O)s3)ccn2)CC1. The molecule has 0 aromatic carbocycles. The molecule has 1 saturated heterocycles. The molecule has 7 nitrogen and oxygen atoms in total. The van der Waals surface area contributed by atoms with Gasteiger partial charge in [0.2, 0.25) is 5.91 Å². The lowest BCUT2D eigenvalue weighted by atomic mass is 9.98. The molecule has 0 radical (unpaired) electrons. The van der Waals surface area contributed by atoms with Gasteiger partial charge in [-0.15, -0.1) is 0 Å². The van der Waals surface area contributed by atoms with Gasteiger partial charge in [0.05, 0.1) is 4.88 Å². The van der Waals surface area contributed by atoms with Crippen LogP contribution in [-0.2, 0) is 10.2 Å². The quantitative estimate of drug-likeness (QED) is 0.844. The molecule has 1 aliphatic carbocycles. The van der Waals surface area contributed by atoms with Crippen LogP contribution in [-0.4, -0.2) is 38.9 Å². The Balaban J connectivity index is 1.50. The molecule has 1 aliphatic heterocycles. The van der Waals surface area contributed by atoms with Crippen LogP contribution >= 0.6 is 11.3 Å². The van der Waals surface area contributed by atoms with Crippen LogP contribution in [0.3, 0.4) is 0 Å². The second-order valence-corrected chi connectivity index (χ2v) is 8.87. The van der Waals surface area contributed by atoms with Crippen molar-refractivity contribution in [3.05, 3.63) is 30.2 Å². The number of aromatic nitrogens is 2. The molecular formula is C19H23N5O2S. The number of amides is 3. The molecule has 0 unspecified atom stereocenters. The van der Waals surface area contributed by atoms with E-state index in [4.69, 9.17) is 5.73 Å². The number of thiazole rings is 1. The van der Waals surface area contributed by atoms with E-state index in [1.54, 1.807) is 13.1 Å². The van der Waals surface area contributed by atoms with Gasteiger partial charge < -0.3 is 10.6 Å². The summed E-state index contributed by atoms with van der Waals surface area (Å²) in [5.41, 5.74) is 6.92. The van der Waals surface area contributed by atoms with E-state index < -0.39 is 11.4 Å². The summed E-state index contributed by atoms with van der Waals surface area (Å²) < 4.78 is 0. The van der Waals surface area contributed by atoms with Crippen molar-refractivity contribution in [2.24, 2.45) is 5.73 Å². The molecule has 27 heavy (non-hydrogen) atoms. The fourth-order valence-electron chi connectivity index (χ4n) is 3.53. The molecule has 2 aromatic rings. The zero-order valence-electron chi connectivity index (χ0n) is 15.5. The minimum Gasteiger partial charge on any atom is -0.368 e. The Morgan fingerprint density at radius 2 is 2.04 bits per heavy atom. The highest BCUT2D eigenvalue weighted by molar-refractivity contribution is 7.19. The van der Waals surface area contributed by atoms with E-state index in [-0.39, 0.29) is 11.4 Å². The van der Waals surface area contributed by atoms with Gasteiger partial charge in [-0.2, -0.15) is 0 Å². The largest absolute Gasteiger partial charge is 0.368 e. The lowest BCUT2D eigenvalue weighted by Crippen LogP contribution is -2.55. The monoisotopic (exact) mass is 385 g/mol. The number of nitrogens with zero attached hydrogens (tertiary/aromatic N) is 3. The maximum atomic E-state index is 12.6. The molecule has 1 atom stereocenters. The second-order valence-electron chi connectivity index (χ2n) is 7.84. The van der Waals surface area contributed by atoms with Gasteiger partial charge in [-0.1, -0.05) is 18.3 Å². The van der Waals surface area contributed by atoms with Crippen LogP contribution in [0.1, 0.15) is 45.2 Å². The lowest BCUT2D eigenvalue weighted by Gasteiger charge is -2.31. The Morgan fingerprint density at radius 1 is 1.26 bits per heavy atom. The van der Waals surface area contributed by atoms with Gasteiger partial charge in [0, 0.05) is 30.0 Å². The zero-order valence-corrected chi connectivity index (χ0v) is 16.3. The third-order valence-electron chi connectivity index (χ3n) is 5.80. The minimum atomic E-state index is -0.941. The van der Waals surface area contributed by atoms with Crippen LogP contribution in [0.15, 0.2) is 24.5 Å². The molecule has 0 bridgehead atoms. The molecule has 2 fully saturated rings. The number of nitrogens with two attached hydrogens (primary N) is 1. The summed E-state index contributed by atoms with van der Waals surface area (Å²) in [6, 6.07) is 3.73. The van der Waals surface area contributed by atoms with E-state index in [2.05, 4.69) is 28.3 Å². The molecule has 4 rings (SSSR count). The van der Waals surface area contributed by atoms with Crippen molar-refractivity contribution >= 4 is 28.4 Å². The van der Waals surface area contributed by atoms with Crippen LogP contribution in [0.2, 0.25) is 0 Å². The lowest BCUT2D eigenvalue weighted by molar-refractivity contribution is -0.126. The third-order valence-corrected chi connectivity index (χ3v) is 6.76. The van der Waals surface area contributed by atoms with Crippen molar-refractivity contribution in [3.63, 3.8) is 0 Å². The van der Waals surface area contributed by atoms with E-state index >= 15 is 0 Å². The number of likely N-dealkylation sites (tertiary alicyclic amines) is 1. The summed E-state index contributed by atoms with van der Waals surface area (Å²) >= 11 is 1.41. The Hall–Kier alpha value is -2.48. The second kappa shape index (κ2) is 6.30. The summed E-state index contributed by atoms with van der Waals surface area (Å²) in [5.74, 6) is -0.479. The predicted octanol–water partition coefficient (Wildman–Crippen LogP) is 3.13. The number of urea groups is 1. The number of hydrogen-bond donors (Lipinski definition) is 2. The zero-order chi connectivity index (χ0) is 19.2. The van der Waals surface area contributed by atoms with Crippen LogP contribution in [0, 0.1) is 0 Å². The fourth-order valence-corrected chi connectivity index (χ4v) is 4.33. The number of pyridine rings is 1. The first-order valence-corrected chi connectivity index (χ1v) is 9.95. The highest BCUT2D eigenvalue weighted by Crippen LogP contribution is 2.47. The van der Waals surface area contributed by atoms with Gasteiger partial charge in [-0.3, -0.25) is 15.1 Å². The first kappa shape index (κ1) is 17.9. The number of carbonyl (C=O) groups excluding carboxylic acids is 2. The van der Waals surface area contributed by atoms with E-state index in [0.717, 1.165) is 22.6 Å². The topological polar surface area (TPSA) is 101 Å². The van der Waals surface area contributed by atoms with Crippen LogP contribution in [0.25, 0.3) is 10.4 Å². The van der Waals surface area contributed by atoms with E-state index in [1.807, 2.05) is 12.3 Å². The molecule has 3 N–H and O–H groups in total. The van der Waals surface area contributed by atoms with Crippen molar-refractivity contribution in [1.29, 1.82) is 0 Å². The summed E-state index contributed by atoms with van der Waals surface area (Å²) in [6.07, 6.45) is 7.26.